The van der Waals surface area contributed by atoms with E-state index < -0.39 is 16.2 Å². The molecule has 1 N–H and O–H groups in total. The fourth-order valence-electron chi connectivity index (χ4n) is 0.464. The van der Waals surface area contributed by atoms with E-state index in [0.29, 0.717) is 6.42 Å². The predicted molar refractivity (Wildman–Crippen MR) is 56.1 cm³/mol. The van der Waals surface area contributed by atoms with E-state index in [0.717, 1.165) is 0 Å². The standard InChI is InChI=1S/C7H15NO4S.Sr.2H/c1-4-5-12-13(10,11)8-7(9)6(2)3;;;/h6H,4-5H2,1-3H3,(H,8,9);;;/q;+2;2*-1. The zero-order valence-corrected chi connectivity index (χ0v) is 13.0. The average Bonchev–Trinajstić information content (AvgIpc) is 2.00. The first-order chi connectivity index (χ1) is 5.89. The van der Waals surface area contributed by atoms with E-state index in [9.17, 15) is 13.2 Å². The van der Waals surface area contributed by atoms with Crippen LogP contribution in [0.1, 0.15) is 30.0 Å². The Morgan fingerprint density at radius 2 is 2.00 bits per heavy atom. The van der Waals surface area contributed by atoms with Crippen molar-refractivity contribution in [2.45, 2.75) is 27.2 Å². The molecule has 0 saturated heterocycles. The molecule has 0 aliphatic carbocycles. The molecule has 7 heteroatoms. The average molecular weight is 299 g/mol. The van der Waals surface area contributed by atoms with Gasteiger partial charge in [0.05, 0.1) is 6.61 Å². The van der Waals surface area contributed by atoms with Crippen molar-refractivity contribution in [2.75, 3.05) is 6.61 Å². The molecule has 0 unspecified atom stereocenters. The minimum absolute atomic E-state index is 0. The van der Waals surface area contributed by atoms with Gasteiger partial charge in [0, 0.05) is 5.92 Å². The topological polar surface area (TPSA) is 72.5 Å². The van der Waals surface area contributed by atoms with Gasteiger partial charge in [0.2, 0.25) is 5.91 Å². The summed E-state index contributed by atoms with van der Waals surface area (Å²) in [7, 11) is -3.89. The molecule has 0 aromatic rings. The largest absolute Gasteiger partial charge is 2.00 e. The van der Waals surface area contributed by atoms with Gasteiger partial charge >= 0.3 is 55.8 Å². The van der Waals surface area contributed by atoms with E-state index in [-0.39, 0.29) is 60.9 Å². The van der Waals surface area contributed by atoms with Gasteiger partial charge in [0.15, 0.2) is 0 Å². The second-order valence-electron chi connectivity index (χ2n) is 2.90. The molecule has 0 aliphatic rings. The van der Waals surface area contributed by atoms with Crippen LogP contribution in [0, 0.1) is 5.92 Å². The number of amides is 1. The van der Waals surface area contributed by atoms with Crippen LogP contribution in [0.25, 0.3) is 0 Å². The minimum Gasteiger partial charge on any atom is -1.00 e. The Hall–Kier alpha value is 0.861. The molecule has 14 heavy (non-hydrogen) atoms. The van der Waals surface area contributed by atoms with E-state index in [1.165, 1.54) is 0 Å². The van der Waals surface area contributed by atoms with E-state index >= 15 is 0 Å². The van der Waals surface area contributed by atoms with Crippen LogP contribution in [-0.4, -0.2) is 66.4 Å². The first kappa shape index (κ1) is 17.3. The number of hydrogen-bond acceptors (Lipinski definition) is 4. The predicted octanol–water partition coefficient (Wildman–Crippen LogP) is 0.274. The van der Waals surface area contributed by atoms with Crippen LogP contribution in [0.15, 0.2) is 0 Å². The quantitative estimate of drug-likeness (QED) is 0.740. The van der Waals surface area contributed by atoms with Crippen molar-refractivity contribution in [3.63, 3.8) is 0 Å². The van der Waals surface area contributed by atoms with E-state index in [2.05, 4.69) is 4.18 Å². The van der Waals surface area contributed by atoms with Gasteiger partial charge in [-0.1, -0.05) is 20.8 Å². The molecule has 0 saturated carbocycles. The molecule has 0 rings (SSSR count). The van der Waals surface area contributed by atoms with Crippen molar-refractivity contribution < 1.29 is 20.2 Å². The second kappa shape index (κ2) is 8.06. The summed E-state index contributed by atoms with van der Waals surface area (Å²) >= 11 is 0. The molecule has 0 atom stereocenters. The first-order valence-corrected chi connectivity index (χ1v) is 5.51. The third-order valence-corrected chi connectivity index (χ3v) is 2.12. The van der Waals surface area contributed by atoms with Gasteiger partial charge < -0.3 is 2.85 Å². The normalized spacial score (nSPS) is 10.9. The van der Waals surface area contributed by atoms with Crippen LogP contribution in [0.4, 0.5) is 0 Å². The molecule has 82 valence electrons. The summed E-state index contributed by atoms with van der Waals surface area (Å²) in [6.45, 7) is 5.07. The van der Waals surface area contributed by atoms with Crippen LogP contribution in [0.2, 0.25) is 0 Å². The second-order valence-corrected chi connectivity index (χ2v) is 4.25. The third-order valence-electron chi connectivity index (χ3n) is 1.19. The number of nitrogens with one attached hydrogen (secondary N) is 1. The molecule has 0 heterocycles. The number of hydrogen-bond donors (Lipinski definition) is 1. The number of carbonyl (C=O) groups is 1. The van der Waals surface area contributed by atoms with Gasteiger partial charge in [0.25, 0.3) is 0 Å². The Morgan fingerprint density at radius 3 is 2.36 bits per heavy atom. The minimum atomic E-state index is -3.89. The van der Waals surface area contributed by atoms with Crippen LogP contribution in [-0.2, 0) is 19.3 Å². The maximum Gasteiger partial charge on any atom is 2.00 e. The summed E-state index contributed by atoms with van der Waals surface area (Å²) in [6, 6.07) is 0. The Morgan fingerprint density at radius 1 is 1.50 bits per heavy atom. The van der Waals surface area contributed by atoms with Crippen molar-refractivity contribution in [2.24, 2.45) is 5.92 Å². The van der Waals surface area contributed by atoms with E-state index in [1.54, 1.807) is 25.5 Å². The molecule has 0 aromatic carbocycles. The SMILES string of the molecule is CCCOS(=O)(=O)NC(=O)C(C)C.[H-].[H-].[Sr+2]. The van der Waals surface area contributed by atoms with Crippen LogP contribution >= 0.6 is 0 Å². The molecule has 0 aliphatic heterocycles. The summed E-state index contributed by atoms with van der Waals surface area (Å²) in [5.74, 6) is -0.934. The summed E-state index contributed by atoms with van der Waals surface area (Å²) < 4.78 is 28.1. The van der Waals surface area contributed by atoms with Crippen LogP contribution < -0.4 is 4.72 Å². The van der Waals surface area contributed by atoms with Gasteiger partial charge in [-0.15, -0.1) is 0 Å². The molecule has 0 radical (unpaired) electrons. The zero-order valence-electron chi connectivity index (χ0n) is 10.7. The number of carbonyl (C=O) groups excluding carboxylic acids is 1. The van der Waals surface area contributed by atoms with Crippen molar-refractivity contribution in [3.05, 3.63) is 0 Å². The fourth-order valence-corrected chi connectivity index (χ4v) is 1.39. The van der Waals surface area contributed by atoms with E-state index in [1.807, 2.05) is 0 Å². The fraction of sp³-hybridized carbons (Fsp3) is 0.857. The smallest absolute Gasteiger partial charge is 1.00 e. The van der Waals surface area contributed by atoms with E-state index in [4.69, 9.17) is 0 Å². The molecule has 0 bridgehead atoms. The number of rotatable bonds is 5. The summed E-state index contributed by atoms with van der Waals surface area (Å²) in [5.41, 5.74) is 0. The maximum absolute atomic E-state index is 11.0. The third kappa shape index (κ3) is 8.19. The Kier molecular flexibility index (Phi) is 9.94. The van der Waals surface area contributed by atoms with Gasteiger partial charge in [-0.2, -0.15) is 8.42 Å². The molecule has 5 nitrogen and oxygen atoms in total. The van der Waals surface area contributed by atoms with Crippen LogP contribution in [0.5, 0.6) is 0 Å². The summed E-state index contributed by atoms with van der Waals surface area (Å²) in [4.78, 5) is 11.0. The molecule has 0 spiro atoms. The van der Waals surface area contributed by atoms with Crippen molar-refractivity contribution in [3.8, 4) is 0 Å². The molecular formula is C7H17NO4SSr. The summed E-state index contributed by atoms with van der Waals surface area (Å²) in [5, 5.41) is 0. The summed E-state index contributed by atoms with van der Waals surface area (Å²) in [6.07, 6.45) is 0.580. The van der Waals surface area contributed by atoms with Gasteiger partial charge in [0.1, 0.15) is 0 Å². The van der Waals surface area contributed by atoms with Gasteiger partial charge in [-0.3, -0.25) is 8.98 Å². The zero-order chi connectivity index (χ0) is 10.5. The first-order valence-electron chi connectivity index (χ1n) is 4.10. The molecule has 0 aromatic heterocycles. The molecular weight excluding hydrogens is 282 g/mol. The van der Waals surface area contributed by atoms with Gasteiger partial charge in [-0.05, 0) is 6.42 Å². The van der Waals surface area contributed by atoms with Crippen molar-refractivity contribution in [1.29, 1.82) is 0 Å². The molecule has 0 fully saturated rings. The van der Waals surface area contributed by atoms with Gasteiger partial charge in [-0.25, -0.2) is 4.72 Å². The molecule has 1 amide bonds. The monoisotopic (exact) mass is 299 g/mol. The Labute approximate surface area is 125 Å². The Balaban J connectivity index is -0.000000240. The van der Waals surface area contributed by atoms with Crippen molar-refractivity contribution >= 4 is 61.7 Å². The Bertz CT molecular complexity index is 272. The van der Waals surface area contributed by atoms with Crippen molar-refractivity contribution in [1.82, 2.24) is 4.72 Å². The maximum atomic E-state index is 11.0. The van der Waals surface area contributed by atoms with Crippen LogP contribution in [0.3, 0.4) is 0 Å².